The Balaban J connectivity index is 1.78. The van der Waals surface area contributed by atoms with Gasteiger partial charge >= 0.3 is 5.97 Å². The van der Waals surface area contributed by atoms with Gasteiger partial charge in [0.25, 0.3) is 0 Å². The number of carbonyl (C=O) groups excluding carboxylic acids is 1. The first kappa shape index (κ1) is 17.6. The van der Waals surface area contributed by atoms with Crippen molar-refractivity contribution in [3.63, 3.8) is 0 Å². The Morgan fingerprint density at radius 3 is 2.40 bits per heavy atom. The van der Waals surface area contributed by atoms with Crippen LogP contribution in [0.2, 0.25) is 0 Å². The minimum absolute atomic E-state index is 0.201. The van der Waals surface area contributed by atoms with E-state index in [1.165, 1.54) is 11.1 Å². The van der Waals surface area contributed by atoms with Gasteiger partial charge in [-0.25, -0.2) is 0 Å². The zero-order chi connectivity index (χ0) is 18.1. The van der Waals surface area contributed by atoms with Gasteiger partial charge in [-0.1, -0.05) is 45.0 Å². The number of benzene rings is 1. The summed E-state index contributed by atoms with van der Waals surface area (Å²) >= 11 is 0. The predicted octanol–water partition coefficient (Wildman–Crippen LogP) is 2.56. The van der Waals surface area contributed by atoms with Crippen molar-refractivity contribution in [3.05, 3.63) is 47.2 Å². The van der Waals surface area contributed by atoms with E-state index < -0.39 is 5.54 Å². The van der Waals surface area contributed by atoms with Crippen molar-refractivity contribution in [3.8, 4) is 0 Å². The van der Waals surface area contributed by atoms with Crippen LogP contribution in [0.15, 0.2) is 28.7 Å². The highest BCUT2D eigenvalue weighted by molar-refractivity contribution is 5.83. The summed E-state index contributed by atoms with van der Waals surface area (Å²) in [7, 11) is 0. The number of fused-ring (bicyclic) bond motifs is 1. The normalized spacial score (nSPS) is 15.8. The Labute approximate surface area is 148 Å². The number of hydrogen-bond acceptors (Lipinski definition) is 6. The third-order valence-electron chi connectivity index (χ3n) is 4.46. The maximum absolute atomic E-state index is 12.7. The lowest BCUT2D eigenvalue weighted by Crippen LogP contribution is -2.53. The molecule has 0 bridgehead atoms. The maximum Gasteiger partial charge on any atom is 0.327 e. The molecule has 1 aliphatic carbocycles. The third kappa shape index (κ3) is 3.58. The second kappa shape index (κ2) is 6.59. The topological polar surface area (TPSA) is 77.2 Å². The van der Waals surface area contributed by atoms with Gasteiger partial charge in [-0.3, -0.25) is 10.1 Å². The molecule has 25 heavy (non-hydrogen) atoms. The van der Waals surface area contributed by atoms with Gasteiger partial charge in [-0.2, -0.15) is 0 Å². The average molecular weight is 343 g/mol. The van der Waals surface area contributed by atoms with Crippen LogP contribution in [0, 0.1) is 0 Å². The molecule has 1 aliphatic rings. The first-order valence-electron chi connectivity index (χ1n) is 8.66. The lowest BCUT2D eigenvalue weighted by atomic mass is 9.95. The van der Waals surface area contributed by atoms with E-state index >= 15 is 0 Å². The molecule has 0 unspecified atom stereocenters. The minimum atomic E-state index is -0.782. The van der Waals surface area contributed by atoms with Crippen LogP contribution in [0.1, 0.15) is 50.6 Å². The molecule has 6 nitrogen and oxygen atoms in total. The molecule has 1 heterocycles. The van der Waals surface area contributed by atoms with Crippen LogP contribution in [-0.4, -0.2) is 28.3 Å². The fourth-order valence-corrected chi connectivity index (χ4v) is 3.10. The Hall–Kier alpha value is -2.21. The molecule has 0 radical (unpaired) electrons. The molecule has 1 aromatic heterocycles. The zero-order valence-electron chi connectivity index (χ0n) is 15.3. The van der Waals surface area contributed by atoms with Gasteiger partial charge in [0.05, 0.1) is 13.2 Å². The molecule has 0 fully saturated rings. The molecule has 6 heteroatoms. The first-order chi connectivity index (χ1) is 11.8. The fourth-order valence-electron chi connectivity index (χ4n) is 3.10. The molecule has 134 valence electrons. The largest absolute Gasteiger partial charge is 0.465 e. The molecule has 3 rings (SSSR count). The first-order valence-corrected chi connectivity index (χ1v) is 8.66. The van der Waals surface area contributed by atoms with Gasteiger partial charge in [-0.15, -0.1) is 10.2 Å². The summed E-state index contributed by atoms with van der Waals surface area (Å²) in [5, 5.41) is 11.5. The van der Waals surface area contributed by atoms with Gasteiger partial charge in [0.1, 0.15) is 5.54 Å². The molecular weight excluding hydrogens is 318 g/mol. The fraction of sp³-hybridized carbons (Fsp3) is 0.526. The van der Waals surface area contributed by atoms with E-state index in [1.807, 2.05) is 39.8 Å². The summed E-state index contributed by atoms with van der Waals surface area (Å²) in [6, 6.07) is 8.10. The highest BCUT2D eigenvalue weighted by Gasteiger charge is 2.45. The van der Waals surface area contributed by atoms with Gasteiger partial charge in [0.15, 0.2) is 0 Å². The Kier molecular flexibility index (Phi) is 4.64. The van der Waals surface area contributed by atoms with Gasteiger partial charge in [0, 0.05) is 18.3 Å². The summed E-state index contributed by atoms with van der Waals surface area (Å²) in [5.74, 6) is 0.829. The summed E-state index contributed by atoms with van der Waals surface area (Å²) in [6.45, 7) is 8.56. The van der Waals surface area contributed by atoms with Crippen LogP contribution in [0.25, 0.3) is 0 Å². The van der Waals surface area contributed by atoms with E-state index in [0.717, 1.165) is 0 Å². The molecule has 0 atom stereocenters. The zero-order valence-corrected chi connectivity index (χ0v) is 15.3. The van der Waals surface area contributed by atoms with Crippen molar-refractivity contribution >= 4 is 5.97 Å². The number of rotatable bonds is 5. The van der Waals surface area contributed by atoms with Crippen molar-refractivity contribution < 1.29 is 13.9 Å². The summed E-state index contributed by atoms with van der Waals surface area (Å²) < 4.78 is 11.1. The Morgan fingerprint density at radius 1 is 1.24 bits per heavy atom. The molecule has 2 aromatic rings. The number of nitrogens with one attached hydrogen (secondary N) is 1. The van der Waals surface area contributed by atoms with Crippen LogP contribution in [0.5, 0.6) is 0 Å². The monoisotopic (exact) mass is 343 g/mol. The van der Waals surface area contributed by atoms with Crippen molar-refractivity contribution in [2.75, 3.05) is 6.61 Å². The van der Waals surface area contributed by atoms with E-state index in [-0.39, 0.29) is 11.4 Å². The molecule has 0 saturated carbocycles. The number of esters is 1. The van der Waals surface area contributed by atoms with E-state index in [4.69, 9.17) is 9.15 Å². The number of carbonyl (C=O) groups is 1. The van der Waals surface area contributed by atoms with E-state index in [2.05, 4.69) is 27.6 Å². The molecule has 1 N–H and O–H groups in total. The Bertz CT molecular complexity index is 736. The van der Waals surface area contributed by atoms with E-state index in [1.54, 1.807) is 0 Å². The van der Waals surface area contributed by atoms with Crippen LogP contribution < -0.4 is 5.32 Å². The lowest BCUT2D eigenvalue weighted by molar-refractivity contribution is -0.151. The number of hydrogen-bond donors (Lipinski definition) is 1. The highest BCUT2D eigenvalue weighted by Crippen LogP contribution is 2.31. The van der Waals surface area contributed by atoms with Crippen molar-refractivity contribution in [2.24, 2.45) is 0 Å². The molecule has 0 aliphatic heterocycles. The second-order valence-corrected chi connectivity index (χ2v) is 7.53. The number of nitrogens with zero attached hydrogens (tertiary/aromatic N) is 2. The van der Waals surface area contributed by atoms with Crippen LogP contribution in [0.4, 0.5) is 0 Å². The molecule has 0 amide bonds. The van der Waals surface area contributed by atoms with E-state index in [9.17, 15) is 4.79 Å². The summed E-state index contributed by atoms with van der Waals surface area (Å²) in [5.41, 5.74) is 1.36. The second-order valence-electron chi connectivity index (χ2n) is 7.53. The summed E-state index contributed by atoms with van der Waals surface area (Å²) in [6.07, 6.45) is 1.20. The Morgan fingerprint density at radius 2 is 1.88 bits per heavy atom. The van der Waals surface area contributed by atoms with Gasteiger partial charge < -0.3 is 9.15 Å². The van der Waals surface area contributed by atoms with E-state index in [0.29, 0.717) is 37.8 Å². The maximum atomic E-state index is 12.7. The van der Waals surface area contributed by atoms with Crippen molar-refractivity contribution in [1.82, 2.24) is 15.5 Å². The number of ether oxygens (including phenoxy) is 1. The minimum Gasteiger partial charge on any atom is -0.465 e. The number of aromatic nitrogens is 2. The smallest absolute Gasteiger partial charge is 0.327 e. The van der Waals surface area contributed by atoms with Crippen LogP contribution in [-0.2, 0) is 34.3 Å². The van der Waals surface area contributed by atoms with Gasteiger partial charge in [0.2, 0.25) is 11.8 Å². The standard InChI is InChI=1S/C19H25N3O3/c1-5-24-17(23)19(10-13-8-6-7-9-14(13)11-19)20-12-15-21-22-16(25-15)18(2,3)4/h6-9,20H,5,10-12H2,1-4H3. The van der Waals surface area contributed by atoms with Crippen LogP contribution >= 0.6 is 0 Å². The SMILES string of the molecule is CCOC(=O)C1(NCc2nnc(C(C)(C)C)o2)Cc2ccccc2C1. The average Bonchev–Trinajstić information content (AvgIpc) is 3.18. The summed E-state index contributed by atoms with van der Waals surface area (Å²) in [4.78, 5) is 12.7. The van der Waals surface area contributed by atoms with Crippen molar-refractivity contribution in [2.45, 2.75) is 58.0 Å². The highest BCUT2D eigenvalue weighted by atomic mass is 16.5. The molecule has 0 saturated heterocycles. The third-order valence-corrected chi connectivity index (χ3v) is 4.46. The van der Waals surface area contributed by atoms with Crippen molar-refractivity contribution in [1.29, 1.82) is 0 Å². The predicted molar refractivity (Wildman–Crippen MR) is 93.1 cm³/mol. The quantitative estimate of drug-likeness (QED) is 0.841. The van der Waals surface area contributed by atoms with Crippen LogP contribution in [0.3, 0.4) is 0 Å². The lowest BCUT2D eigenvalue weighted by Gasteiger charge is -2.27. The molecule has 1 aromatic carbocycles. The molecule has 0 spiro atoms. The van der Waals surface area contributed by atoms with Gasteiger partial charge in [-0.05, 0) is 18.1 Å². The molecular formula is C19H25N3O3.